The molecular weight excluding hydrogens is 342 g/mol. The summed E-state index contributed by atoms with van der Waals surface area (Å²) in [7, 11) is 0. The number of para-hydroxylation sites is 1. The van der Waals surface area contributed by atoms with Crippen molar-refractivity contribution in [2.45, 2.75) is 45.3 Å². The number of piperidine rings is 1. The lowest BCUT2D eigenvalue weighted by atomic mass is 9.94. The van der Waals surface area contributed by atoms with Gasteiger partial charge < -0.3 is 19.9 Å². The summed E-state index contributed by atoms with van der Waals surface area (Å²) < 4.78 is 5.72. The smallest absolute Gasteiger partial charge is 0.225 e. The molecule has 2 atom stereocenters. The highest BCUT2D eigenvalue weighted by molar-refractivity contribution is 5.80. The van der Waals surface area contributed by atoms with Crippen LogP contribution in [0.4, 0.5) is 5.69 Å². The van der Waals surface area contributed by atoms with Gasteiger partial charge in [-0.25, -0.2) is 0 Å². The van der Waals surface area contributed by atoms with Crippen LogP contribution in [-0.4, -0.2) is 66.5 Å². The minimum absolute atomic E-state index is 0.0361. The molecule has 1 N–H and O–H groups in total. The summed E-state index contributed by atoms with van der Waals surface area (Å²) in [6.07, 6.45) is 2.19. The Labute approximate surface area is 161 Å². The van der Waals surface area contributed by atoms with Gasteiger partial charge in [0, 0.05) is 50.7 Å². The molecule has 2 heterocycles. The summed E-state index contributed by atoms with van der Waals surface area (Å²) in [4.78, 5) is 29.1. The Bertz CT molecular complexity index is 619. The molecule has 2 amide bonds. The summed E-state index contributed by atoms with van der Waals surface area (Å²) in [6, 6.07) is 9.91. The number of hydrogen-bond acceptors (Lipinski definition) is 4. The number of ether oxygens (including phenoxy) is 1. The molecule has 0 aromatic heterocycles. The molecule has 3 rings (SSSR count). The Hall–Kier alpha value is -2.08. The second-order valence-corrected chi connectivity index (χ2v) is 7.70. The van der Waals surface area contributed by atoms with E-state index in [0.717, 1.165) is 18.5 Å². The molecule has 2 saturated heterocycles. The highest BCUT2D eigenvalue weighted by atomic mass is 16.5. The number of rotatable bonds is 5. The van der Waals surface area contributed by atoms with Crippen LogP contribution in [0.25, 0.3) is 0 Å². The molecule has 148 valence electrons. The minimum atomic E-state index is 0.0361. The Kier molecular flexibility index (Phi) is 6.72. The fourth-order valence-electron chi connectivity index (χ4n) is 4.02. The van der Waals surface area contributed by atoms with Crippen molar-refractivity contribution >= 4 is 17.5 Å². The zero-order valence-corrected chi connectivity index (χ0v) is 16.4. The summed E-state index contributed by atoms with van der Waals surface area (Å²) in [6.45, 7) is 7.36. The predicted molar refractivity (Wildman–Crippen MR) is 105 cm³/mol. The van der Waals surface area contributed by atoms with Crippen molar-refractivity contribution in [1.82, 2.24) is 9.80 Å². The third-order valence-corrected chi connectivity index (χ3v) is 5.37. The molecule has 1 aromatic carbocycles. The molecule has 0 aliphatic carbocycles. The van der Waals surface area contributed by atoms with Gasteiger partial charge in [-0.15, -0.1) is 0 Å². The maximum absolute atomic E-state index is 12.8. The highest BCUT2D eigenvalue weighted by Crippen LogP contribution is 2.22. The van der Waals surface area contributed by atoms with Crippen LogP contribution >= 0.6 is 0 Å². The van der Waals surface area contributed by atoms with E-state index in [4.69, 9.17) is 4.74 Å². The Balaban J connectivity index is 1.40. The number of nitrogens with zero attached hydrogens (tertiary/aromatic N) is 2. The van der Waals surface area contributed by atoms with Gasteiger partial charge in [-0.2, -0.15) is 0 Å². The van der Waals surface area contributed by atoms with E-state index in [0.29, 0.717) is 39.1 Å². The van der Waals surface area contributed by atoms with Crippen LogP contribution in [0.2, 0.25) is 0 Å². The van der Waals surface area contributed by atoms with Crippen LogP contribution < -0.4 is 5.32 Å². The van der Waals surface area contributed by atoms with Gasteiger partial charge in [0.2, 0.25) is 11.8 Å². The number of morpholine rings is 1. The van der Waals surface area contributed by atoms with Crippen molar-refractivity contribution in [3.05, 3.63) is 30.3 Å². The molecule has 2 aliphatic heterocycles. The van der Waals surface area contributed by atoms with Crippen molar-refractivity contribution in [1.29, 1.82) is 0 Å². The first-order valence-electron chi connectivity index (χ1n) is 10.0. The summed E-state index contributed by atoms with van der Waals surface area (Å²) in [5.41, 5.74) is 1.03. The van der Waals surface area contributed by atoms with Crippen molar-refractivity contribution in [3.8, 4) is 0 Å². The van der Waals surface area contributed by atoms with E-state index >= 15 is 0 Å². The van der Waals surface area contributed by atoms with Crippen LogP contribution in [0.15, 0.2) is 30.3 Å². The van der Waals surface area contributed by atoms with Crippen LogP contribution in [-0.2, 0) is 14.3 Å². The number of nitrogens with one attached hydrogen (secondary N) is 1. The zero-order chi connectivity index (χ0) is 19.2. The van der Waals surface area contributed by atoms with Crippen LogP contribution in [0, 0.1) is 5.92 Å². The first-order chi connectivity index (χ1) is 13.0. The third kappa shape index (κ3) is 5.45. The Morgan fingerprint density at radius 3 is 2.30 bits per heavy atom. The average Bonchev–Trinajstić information content (AvgIpc) is 2.67. The van der Waals surface area contributed by atoms with Gasteiger partial charge in [0.1, 0.15) is 0 Å². The third-order valence-electron chi connectivity index (χ3n) is 5.37. The number of carbonyl (C=O) groups excluding carboxylic acids is 2. The lowest BCUT2D eigenvalue weighted by Gasteiger charge is -2.39. The summed E-state index contributed by atoms with van der Waals surface area (Å²) in [5.74, 6) is 0.432. The maximum Gasteiger partial charge on any atom is 0.225 e. The van der Waals surface area contributed by atoms with Gasteiger partial charge in [-0.05, 0) is 38.8 Å². The lowest BCUT2D eigenvalue weighted by Crippen LogP contribution is -2.51. The first kappa shape index (κ1) is 19.7. The number of hydrogen-bond donors (Lipinski definition) is 1. The molecule has 27 heavy (non-hydrogen) atoms. The second kappa shape index (κ2) is 9.22. The largest absolute Gasteiger partial charge is 0.385 e. The lowest BCUT2D eigenvalue weighted by molar-refractivity contribution is -0.150. The number of anilines is 1. The van der Waals surface area contributed by atoms with Crippen LogP contribution in [0.5, 0.6) is 0 Å². The topological polar surface area (TPSA) is 61.9 Å². The molecule has 6 heteroatoms. The highest BCUT2D eigenvalue weighted by Gasteiger charge is 2.33. The van der Waals surface area contributed by atoms with E-state index in [1.807, 2.05) is 54.0 Å². The molecule has 2 fully saturated rings. The number of benzene rings is 1. The fourth-order valence-corrected chi connectivity index (χ4v) is 4.02. The van der Waals surface area contributed by atoms with Crippen molar-refractivity contribution in [2.75, 3.05) is 38.0 Å². The van der Waals surface area contributed by atoms with Gasteiger partial charge >= 0.3 is 0 Å². The molecule has 0 saturated carbocycles. The molecule has 0 radical (unpaired) electrons. The normalized spacial score (nSPS) is 23.9. The molecular formula is C21H31N3O3. The Morgan fingerprint density at radius 2 is 1.67 bits per heavy atom. The quantitative estimate of drug-likeness (QED) is 0.861. The minimum Gasteiger partial charge on any atom is -0.385 e. The van der Waals surface area contributed by atoms with E-state index < -0.39 is 0 Å². The molecule has 0 unspecified atom stereocenters. The van der Waals surface area contributed by atoms with Crippen molar-refractivity contribution < 1.29 is 14.3 Å². The summed E-state index contributed by atoms with van der Waals surface area (Å²) >= 11 is 0. The van der Waals surface area contributed by atoms with Gasteiger partial charge in [0.15, 0.2) is 0 Å². The van der Waals surface area contributed by atoms with Gasteiger partial charge in [0.05, 0.1) is 12.2 Å². The van der Waals surface area contributed by atoms with Crippen molar-refractivity contribution in [3.63, 3.8) is 0 Å². The Morgan fingerprint density at radius 1 is 1.04 bits per heavy atom. The second-order valence-electron chi connectivity index (χ2n) is 7.70. The standard InChI is InChI=1S/C21H31N3O3/c1-16-14-24(15-17(2)27-16)21(26)18-9-12-23(13-10-18)20(25)8-11-22-19-6-4-3-5-7-19/h3-7,16-18,22H,8-15H2,1-2H3/t16-,17+. The maximum atomic E-state index is 12.8. The van der Waals surface area contributed by atoms with E-state index in [1.165, 1.54) is 0 Å². The van der Waals surface area contributed by atoms with E-state index in [2.05, 4.69) is 5.32 Å². The van der Waals surface area contributed by atoms with E-state index in [1.54, 1.807) is 0 Å². The predicted octanol–water partition coefficient (Wildman–Crippen LogP) is 2.36. The zero-order valence-electron chi connectivity index (χ0n) is 16.4. The first-order valence-corrected chi connectivity index (χ1v) is 10.0. The van der Waals surface area contributed by atoms with Crippen LogP contribution in [0.1, 0.15) is 33.1 Å². The fraction of sp³-hybridized carbons (Fsp3) is 0.619. The monoisotopic (exact) mass is 373 g/mol. The molecule has 6 nitrogen and oxygen atoms in total. The average molecular weight is 373 g/mol. The van der Waals surface area contributed by atoms with Crippen molar-refractivity contribution in [2.24, 2.45) is 5.92 Å². The van der Waals surface area contributed by atoms with Gasteiger partial charge in [0.25, 0.3) is 0 Å². The SMILES string of the molecule is C[C@@H]1CN(C(=O)C2CCN(C(=O)CCNc3ccccc3)CC2)C[C@H](C)O1. The number of likely N-dealkylation sites (tertiary alicyclic amines) is 1. The van der Waals surface area contributed by atoms with Gasteiger partial charge in [-0.1, -0.05) is 18.2 Å². The van der Waals surface area contributed by atoms with E-state index in [9.17, 15) is 9.59 Å². The molecule has 0 spiro atoms. The number of amides is 2. The summed E-state index contributed by atoms with van der Waals surface area (Å²) in [5, 5.41) is 3.27. The number of carbonyl (C=O) groups is 2. The van der Waals surface area contributed by atoms with Crippen LogP contribution in [0.3, 0.4) is 0 Å². The van der Waals surface area contributed by atoms with E-state index in [-0.39, 0.29) is 29.9 Å². The molecule has 1 aromatic rings. The molecule has 0 bridgehead atoms. The van der Waals surface area contributed by atoms with Gasteiger partial charge in [-0.3, -0.25) is 9.59 Å². The molecule has 2 aliphatic rings.